The molecule has 0 radical (unpaired) electrons. The zero-order chi connectivity index (χ0) is 9.10. The average molecular weight is 191 g/mol. The van der Waals surface area contributed by atoms with E-state index in [4.69, 9.17) is 0 Å². The molecule has 3 nitrogen and oxygen atoms in total. The van der Waals surface area contributed by atoms with E-state index >= 15 is 0 Å². The van der Waals surface area contributed by atoms with Crippen molar-refractivity contribution in [2.24, 2.45) is 0 Å². The van der Waals surface area contributed by atoms with Gasteiger partial charge in [0.05, 0.1) is 6.20 Å². The lowest BCUT2D eigenvalue weighted by Crippen LogP contribution is -1.80. The van der Waals surface area contributed by atoms with E-state index in [9.17, 15) is 0 Å². The second-order valence-corrected chi connectivity index (χ2v) is 3.55. The summed E-state index contributed by atoms with van der Waals surface area (Å²) in [7, 11) is 1.89. The molecule has 0 unspecified atom stereocenters. The van der Waals surface area contributed by atoms with Crippen molar-refractivity contribution in [1.82, 2.24) is 9.97 Å². The van der Waals surface area contributed by atoms with Gasteiger partial charge in [0.1, 0.15) is 10.0 Å². The smallest absolute Gasteiger partial charge is 0.126 e. The molecular weight excluding hydrogens is 182 g/mol. The number of nitrogens with zero attached hydrogens (tertiary/aromatic N) is 2. The minimum Gasteiger partial charge on any atom is -0.379 e. The van der Waals surface area contributed by atoms with E-state index in [1.54, 1.807) is 17.5 Å². The molecule has 0 saturated carbocycles. The summed E-state index contributed by atoms with van der Waals surface area (Å²) in [4.78, 5) is 8.32. The van der Waals surface area contributed by atoms with Crippen molar-refractivity contribution < 1.29 is 0 Å². The van der Waals surface area contributed by atoms with Crippen molar-refractivity contribution in [2.45, 2.75) is 0 Å². The molecule has 0 aliphatic rings. The largest absolute Gasteiger partial charge is 0.379 e. The Bertz CT molecular complexity index is 383. The fourth-order valence-electron chi connectivity index (χ4n) is 1.01. The maximum atomic E-state index is 4.27. The van der Waals surface area contributed by atoms with Crippen LogP contribution in [0, 0.1) is 0 Å². The highest BCUT2D eigenvalue weighted by Gasteiger charge is 2.02. The molecule has 2 aromatic rings. The highest BCUT2D eigenvalue weighted by molar-refractivity contribution is 7.18. The van der Waals surface area contributed by atoms with Crippen LogP contribution in [0.1, 0.15) is 0 Å². The molecule has 0 aliphatic heterocycles. The molecule has 0 atom stereocenters. The average Bonchev–Trinajstić information content (AvgIpc) is 2.67. The molecule has 2 rings (SSSR count). The number of anilines is 1. The second-order valence-electron chi connectivity index (χ2n) is 2.52. The first-order valence-corrected chi connectivity index (χ1v) is 4.76. The summed E-state index contributed by atoms with van der Waals surface area (Å²) < 4.78 is 0. The summed E-state index contributed by atoms with van der Waals surface area (Å²) in [5.41, 5.74) is 1.06. The molecule has 0 amide bonds. The van der Waals surface area contributed by atoms with Crippen LogP contribution in [0.15, 0.2) is 30.7 Å². The minimum atomic E-state index is 0.998. The molecule has 0 aliphatic carbocycles. The highest BCUT2D eigenvalue weighted by Crippen LogP contribution is 2.26. The third-order valence-electron chi connectivity index (χ3n) is 1.66. The quantitative estimate of drug-likeness (QED) is 0.791. The van der Waals surface area contributed by atoms with Gasteiger partial charge in [-0.05, 0) is 12.1 Å². The van der Waals surface area contributed by atoms with Crippen LogP contribution in [0.2, 0.25) is 0 Å². The molecule has 0 saturated heterocycles. The third-order valence-corrected chi connectivity index (χ3v) is 2.72. The number of hydrogen-bond acceptors (Lipinski definition) is 4. The van der Waals surface area contributed by atoms with E-state index in [2.05, 4.69) is 15.3 Å². The van der Waals surface area contributed by atoms with Crippen LogP contribution in [-0.2, 0) is 0 Å². The Balaban J connectivity index is 2.36. The Labute approximate surface area is 80.5 Å². The first kappa shape index (κ1) is 8.19. The van der Waals surface area contributed by atoms with Gasteiger partial charge < -0.3 is 5.32 Å². The third kappa shape index (κ3) is 1.67. The van der Waals surface area contributed by atoms with Crippen molar-refractivity contribution in [3.63, 3.8) is 0 Å². The zero-order valence-electron chi connectivity index (χ0n) is 7.19. The number of rotatable bonds is 2. The molecule has 1 N–H and O–H groups in total. The van der Waals surface area contributed by atoms with Crippen LogP contribution >= 0.6 is 11.3 Å². The van der Waals surface area contributed by atoms with Gasteiger partial charge in [-0.3, -0.25) is 4.98 Å². The lowest BCUT2D eigenvalue weighted by Gasteiger charge is -1.92. The second kappa shape index (κ2) is 3.53. The van der Waals surface area contributed by atoms with Crippen LogP contribution in [0.25, 0.3) is 10.6 Å². The normalized spacial score (nSPS) is 9.92. The fraction of sp³-hybridized carbons (Fsp3) is 0.111. The van der Waals surface area contributed by atoms with Crippen molar-refractivity contribution in [1.29, 1.82) is 0 Å². The summed E-state index contributed by atoms with van der Waals surface area (Å²) in [6, 6.07) is 3.92. The van der Waals surface area contributed by atoms with Gasteiger partial charge in [0.25, 0.3) is 0 Å². The summed E-state index contributed by atoms with van der Waals surface area (Å²) in [6.07, 6.45) is 5.40. The predicted octanol–water partition coefficient (Wildman–Crippen LogP) is 2.25. The number of nitrogens with one attached hydrogen (secondary N) is 1. The van der Waals surface area contributed by atoms with Gasteiger partial charge in [-0.1, -0.05) is 11.3 Å². The lowest BCUT2D eigenvalue weighted by molar-refractivity contribution is 1.31. The molecule has 2 heterocycles. The molecule has 2 aromatic heterocycles. The van der Waals surface area contributed by atoms with Crippen LogP contribution < -0.4 is 5.32 Å². The molecule has 66 valence electrons. The topological polar surface area (TPSA) is 37.8 Å². The lowest BCUT2D eigenvalue weighted by atomic mass is 10.3. The Hall–Kier alpha value is -1.42. The van der Waals surface area contributed by atoms with Gasteiger partial charge >= 0.3 is 0 Å². The predicted molar refractivity (Wildman–Crippen MR) is 54.9 cm³/mol. The number of aromatic nitrogens is 2. The van der Waals surface area contributed by atoms with Crippen LogP contribution in [0.4, 0.5) is 5.00 Å². The maximum absolute atomic E-state index is 4.27. The van der Waals surface area contributed by atoms with Crippen LogP contribution in [-0.4, -0.2) is 17.0 Å². The molecule has 13 heavy (non-hydrogen) atoms. The molecule has 0 bridgehead atoms. The first-order valence-electron chi connectivity index (χ1n) is 3.94. The van der Waals surface area contributed by atoms with Crippen LogP contribution in [0.5, 0.6) is 0 Å². The molecule has 4 heteroatoms. The van der Waals surface area contributed by atoms with Crippen LogP contribution in [0.3, 0.4) is 0 Å². The molecule has 0 aromatic carbocycles. The van der Waals surface area contributed by atoms with Crippen molar-refractivity contribution >= 4 is 16.3 Å². The Morgan fingerprint density at radius 3 is 2.92 bits per heavy atom. The number of thiazole rings is 1. The van der Waals surface area contributed by atoms with E-state index in [0.717, 1.165) is 15.6 Å². The monoisotopic (exact) mass is 191 g/mol. The summed E-state index contributed by atoms with van der Waals surface area (Å²) >= 11 is 1.62. The Morgan fingerprint density at radius 2 is 2.31 bits per heavy atom. The van der Waals surface area contributed by atoms with E-state index < -0.39 is 0 Å². The molecule has 0 spiro atoms. The molecule has 0 fully saturated rings. The van der Waals surface area contributed by atoms with E-state index in [0.29, 0.717) is 0 Å². The SMILES string of the molecule is CNc1cnc(-c2cccnc2)s1. The standard InChI is InChI=1S/C9H9N3S/c1-10-8-6-12-9(13-8)7-3-2-4-11-5-7/h2-6,10H,1H3. The van der Waals surface area contributed by atoms with Crippen molar-refractivity contribution in [3.05, 3.63) is 30.7 Å². The van der Waals surface area contributed by atoms with Crippen molar-refractivity contribution in [3.8, 4) is 10.6 Å². The van der Waals surface area contributed by atoms with E-state index in [-0.39, 0.29) is 0 Å². The van der Waals surface area contributed by atoms with Gasteiger partial charge in [0, 0.05) is 25.0 Å². The Morgan fingerprint density at radius 1 is 1.38 bits per heavy atom. The summed E-state index contributed by atoms with van der Waals surface area (Å²) in [6.45, 7) is 0. The summed E-state index contributed by atoms with van der Waals surface area (Å²) in [5, 5.41) is 5.12. The van der Waals surface area contributed by atoms with E-state index in [1.165, 1.54) is 0 Å². The minimum absolute atomic E-state index is 0.998. The maximum Gasteiger partial charge on any atom is 0.126 e. The first-order chi connectivity index (χ1) is 6.40. The Kier molecular flexibility index (Phi) is 2.23. The fourth-order valence-corrected chi connectivity index (χ4v) is 1.77. The highest BCUT2D eigenvalue weighted by atomic mass is 32.1. The van der Waals surface area contributed by atoms with Gasteiger partial charge in [-0.2, -0.15) is 0 Å². The number of pyridine rings is 1. The van der Waals surface area contributed by atoms with E-state index in [1.807, 2.05) is 31.6 Å². The van der Waals surface area contributed by atoms with Gasteiger partial charge in [0.2, 0.25) is 0 Å². The number of hydrogen-bond donors (Lipinski definition) is 1. The van der Waals surface area contributed by atoms with Gasteiger partial charge in [-0.15, -0.1) is 0 Å². The van der Waals surface area contributed by atoms with Gasteiger partial charge in [-0.25, -0.2) is 4.98 Å². The molecular formula is C9H9N3S. The zero-order valence-corrected chi connectivity index (χ0v) is 8.01. The summed E-state index contributed by atoms with van der Waals surface area (Å²) in [5.74, 6) is 0. The van der Waals surface area contributed by atoms with Gasteiger partial charge in [0.15, 0.2) is 0 Å². The van der Waals surface area contributed by atoms with Crippen molar-refractivity contribution in [2.75, 3.05) is 12.4 Å².